The molecule has 100 valence electrons. The van der Waals surface area contributed by atoms with E-state index in [1.165, 1.54) is 10.5 Å². The van der Waals surface area contributed by atoms with Gasteiger partial charge < -0.3 is 5.73 Å². The molecule has 6 heteroatoms. The molecule has 2 atom stereocenters. The number of rotatable bonds is 2. The molecule has 0 amide bonds. The van der Waals surface area contributed by atoms with Gasteiger partial charge in [0.1, 0.15) is 0 Å². The number of nitrogens with zero attached hydrogens (tertiary/aromatic N) is 2. The minimum atomic E-state index is -3.55. The molecule has 1 aromatic rings. The molecule has 2 heterocycles. The van der Waals surface area contributed by atoms with Crippen molar-refractivity contribution in [3.05, 3.63) is 18.3 Å². The van der Waals surface area contributed by atoms with Crippen LogP contribution in [-0.4, -0.2) is 30.8 Å². The number of hydrogen-bond acceptors (Lipinski definition) is 4. The SMILES string of the molecule is CC1CCN(S(=O)(=O)c2ncccc2N)CC1C. The highest BCUT2D eigenvalue weighted by Gasteiger charge is 2.33. The third kappa shape index (κ3) is 2.35. The first-order chi connectivity index (χ1) is 8.43. The van der Waals surface area contributed by atoms with Crippen LogP contribution in [0.1, 0.15) is 20.3 Å². The fraction of sp³-hybridized carbons (Fsp3) is 0.583. The van der Waals surface area contributed by atoms with E-state index in [1.54, 1.807) is 12.1 Å². The van der Waals surface area contributed by atoms with Crippen LogP contribution < -0.4 is 5.73 Å². The predicted molar refractivity (Wildman–Crippen MR) is 70.4 cm³/mol. The number of piperidine rings is 1. The van der Waals surface area contributed by atoms with E-state index in [-0.39, 0.29) is 10.7 Å². The van der Waals surface area contributed by atoms with Crippen LogP contribution in [0.2, 0.25) is 0 Å². The molecule has 1 aliphatic rings. The van der Waals surface area contributed by atoms with Crippen molar-refractivity contribution in [2.45, 2.75) is 25.3 Å². The van der Waals surface area contributed by atoms with Crippen LogP contribution in [0.3, 0.4) is 0 Å². The zero-order valence-electron chi connectivity index (χ0n) is 10.7. The summed E-state index contributed by atoms with van der Waals surface area (Å²) in [5, 5.41) is -0.0215. The van der Waals surface area contributed by atoms with Crippen molar-refractivity contribution in [2.75, 3.05) is 18.8 Å². The maximum atomic E-state index is 12.4. The van der Waals surface area contributed by atoms with Crippen molar-refractivity contribution in [3.63, 3.8) is 0 Å². The van der Waals surface area contributed by atoms with Crippen LogP contribution in [0.15, 0.2) is 23.4 Å². The summed E-state index contributed by atoms with van der Waals surface area (Å²) in [7, 11) is -3.55. The second-order valence-electron chi connectivity index (χ2n) is 5.00. The molecule has 1 saturated heterocycles. The summed E-state index contributed by atoms with van der Waals surface area (Å²) in [6.07, 6.45) is 2.34. The highest BCUT2D eigenvalue weighted by molar-refractivity contribution is 7.89. The van der Waals surface area contributed by atoms with Crippen LogP contribution in [0.4, 0.5) is 5.69 Å². The van der Waals surface area contributed by atoms with Gasteiger partial charge in [-0.3, -0.25) is 0 Å². The van der Waals surface area contributed by atoms with E-state index in [9.17, 15) is 8.42 Å². The smallest absolute Gasteiger partial charge is 0.262 e. The van der Waals surface area contributed by atoms with Crippen molar-refractivity contribution < 1.29 is 8.42 Å². The van der Waals surface area contributed by atoms with Crippen LogP contribution in [0.5, 0.6) is 0 Å². The number of pyridine rings is 1. The molecular formula is C12H19N3O2S. The molecule has 18 heavy (non-hydrogen) atoms. The largest absolute Gasteiger partial charge is 0.396 e. The Morgan fingerprint density at radius 3 is 2.72 bits per heavy atom. The first-order valence-corrected chi connectivity index (χ1v) is 7.57. The van der Waals surface area contributed by atoms with Gasteiger partial charge >= 0.3 is 0 Å². The average Bonchev–Trinajstić information content (AvgIpc) is 2.33. The fourth-order valence-electron chi connectivity index (χ4n) is 2.18. The zero-order valence-corrected chi connectivity index (χ0v) is 11.5. The Kier molecular flexibility index (Phi) is 3.59. The molecule has 0 saturated carbocycles. The van der Waals surface area contributed by atoms with Crippen molar-refractivity contribution >= 4 is 15.7 Å². The lowest BCUT2D eigenvalue weighted by molar-refractivity contribution is 0.212. The minimum absolute atomic E-state index is 0.0215. The van der Waals surface area contributed by atoms with Crippen molar-refractivity contribution in [3.8, 4) is 0 Å². The van der Waals surface area contributed by atoms with Gasteiger partial charge in [0.15, 0.2) is 5.03 Å². The van der Waals surface area contributed by atoms with Crippen LogP contribution in [-0.2, 0) is 10.0 Å². The van der Waals surface area contributed by atoms with Gasteiger partial charge in [0.25, 0.3) is 10.0 Å². The number of nitrogens with two attached hydrogens (primary N) is 1. The van der Waals surface area contributed by atoms with E-state index in [4.69, 9.17) is 5.73 Å². The summed E-state index contributed by atoms with van der Waals surface area (Å²) in [5.74, 6) is 0.913. The normalized spacial score (nSPS) is 26.1. The first kappa shape index (κ1) is 13.3. The van der Waals surface area contributed by atoms with E-state index in [1.807, 2.05) is 0 Å². The van der Waals surface area contributed by atoms with Crippen molar-refractivity contribution in [1.29, 1.82) is 0 Å². The zero-order chi connectivity index (χ0) is 13.3. The average molecular weight is 269 g/mol. The number of aromatic nitrogens is 1. The van der Waals surface area contributed by atoms with Gasteiger partial charge in [0.05, 0.1) is 5.69 Å². The fourth-order valence-corrected chi connectivity index (χ4v) is 3.77. The number of hydrogen-bond donors (Lipinski definition) is 1. The minimum Gasteiger partial charge on any atom is -0.396 e. The summed E-state index contributed by atoms with van der Waals surface area (Å²) in [5.41, 5.74) is 5.92. The molecule has 0 radical (unpaired) electrons. The van der Waals surface area contributed by atoms with Crippen LogP contribution in [0, 0.1) is 11.8 Å². The molecule has 2 N–H and O–H groups in total. The lowest BCUT2D eigenvalue weighted by Crippen LogP contribution is -2.42. The second kappa shape index (κ2) is 4.85. The standard InChI is InChI=1S/C12H19N3O2S/c1-9-5-7-15(8-10(9)2)18(16,17)12-11(13)4-3-6-14-12/h3-4,6,9-10H,5,7-8,13H2,1-2H3. The Balaban J connectivity index is 2.30. The van der Waals surface area contributed by atoms with E-state index < -0.39 is 10.0 Å². The molecular weight excluding hydrogens is 250 g/mol. The third-order valence-corrected chi connectivity index (χ3v) is 5.52. The Morgan fingerprint density at radius 1 is 1.39 bits per heavy atom. The molecule has 5 nitrogen and oxygen atoms in total. The van der Waals surface area contributed by atoms with Crippen LogP contribution >= 0.6 is 0 Å². The molecule has 0 spiro atoms. The van der Waals surface area contributed by atoms with Gasteiger partial charge in [-0.05, 0) is 30.4 Å². The number of nitrogen functional groups attached to an aromatic ring is 1. The summed E-state index contributed by atoms with van der Waals surface area (Å²) < 4.78 is 26.4. The Morgan fingerprint density at radius 2 is 2.11 bits per heavy atom. The van der Waals surface area contributed by atoms with E-state index in [2.05, 4.69) is 18.8 Å². The number of sulfonamides is 1. The van der Waals surface area contributed by atoms with Gasteiger partial charge in [-0.1, -0.05) is 13.8 Å². The van der Waals surface area contributed by atoms with Gasteiger partial charge in [0, 0.05) is 19.3 Å². The molecule has 0 aromatic carbocycles. The first-order valence-electron chi connectivity index (χ1n) is 6.13. The molecule has 0 bridgehead atoms. The molecule has 1 aromatic heterocycles. The van der Waals surface area contributed by atoms with Gasteiger partial charge in [0.2, 0.25) is 0 Å². The summed E-state index contributed by atoms with van der Waals surface area (Å²) in [6, 6.07) is 3.20. The van der Waals surface area contributed by atoms with Gasteiger partial charge in [-0.15, -0.1) is 0 Å². The topological polar surface area (TPSA) is 76.3 Å². The van der Waals surface area contributed by atoms with Crippen molar-refractivity contribution in [1.82, 2.24) is 9.29 Å². The Hall–Kier alpha value is -1.14. The monoisotopic (exact) mass is 269 g/mol. The van der Waals surface area contributed by atoms with E-state index >= 15 is 0 Å². The summed E-state index contributed by atoms with van der Waals surface area (Å²) >= 11 is 0. The maximum Gasteiger partial charge on any atom is 0.262 e. The van der Waals surface area contributed by atoms with E-state index in [0.717, 1.165) is 6.42 Å². The van der Waals surface area contributed by atoms with Gasteiger partial charge in [-0.2, -0.15) is 4.31 Å². The lowest BCUT2D eigenvalue weighted by Gasteiger charge is -2.34. The molecule has 0 aliphatic carbocycles. The Labute approximate surface area is 108 Å². The maximum absolute atomic E-state index is 12.4. The molecule has 2 rings (SSSR count). The lowest BCUT2D eigenvalue weighted by atomic mass is 9.90. The van der Waals surface area contributed by atoms with Gasteiger partial charge in [-0.25, -0.2) is 13.4 Å². The van der Waals surface area contributed by atoms with Crippen molar-refractivity contribution in [2.24, 2.45) is 11.8 Å². The number of anilines is 1. The second-order valence-corrected chi connectivity index (χ2v) is 6.86. The third-order valence-electron chi connectivity index (χ3n) is 3.68. The highest BCUT2D eigenvalue weighted by atomic mass is 32.2. The quantitative estimate of drug-likeness (QED) is 0.878. The molecule has 1 aliphatic heterocycles. The summed E-state index contributed by atoms with van der Waals surface area (Å²) in [6.45, 7) is 5.32. The molecule has 1 fully saturated rings. The highest BCUT2D eigenvalue weighted by Crippen LogP contribution is 2.28. The van der Waals surface area contributed by atoms with E-state index in [0.29, 0.717) is 24.9 Å². The van der Waals surface area contributed by atoms with Crippen LogP contribution in [0.25, 0.3) is 0 Å². The summed E-state index contributed by atoms with van der Waals surface area (Å²) in [4.78, 5) is 3.91. The molecule has 2 unspecified atom stereocenters. The Bertz CT molecular complexity index is 530. The predicted octanol–water partition coefficient (Wildman–Crippen LogP) is 1.33.